The van der Waals surface area contributed by atoms with Crippen molar-refractivity contribution in [2.24, 2.45) is 12.0 Å². The highest BCUT2D eigenvalue weighted by Gasteiger charge is 2.27. The van der Waals surface area contributed by atoms with Gasteiger partial charge in [-0.25, -0.2) is 0 Å². The molecule has 0 bridgehead atoms. The highest BCUT2D eigenvalue weighted by molar-refractivity contribution is 5.80. The predicted molar refractivity (Wildman–Crippen MR) is 77.6 cm³/mol. The van der Waals surface area contributed by atoms with Crippen LogP contribution in [0.4, 0.5) is 0 Å². The fraction of sp³-hybridized carbons (Fsp3) is 0.714. The second-order valence-corrected chi connectivity index (χ2v) is 5.57. The Morgan fingerprint density at radius 3 is 2.95 bits per heavy atom. The van der Waals surface area contributed by atoms with Crippen molar-refractivity contribution in [1.29, 1.82) is 0 Å². The van der Waals surface area contributed by atoms with Crippen LogP contribution >= 0.6 is 0 Å². The lowest BCUT2D eigenvalue weighted by molar-refractivity contribution is -0.00841. The Labute approximate surface area is 119 Å². The van der Waals surface area contributed by atoms with Crippen LogP contribution in [0.15, 0.2) is 17.4 Å². The first-order valence-corrected chi connectivity index (χ1v) is 7.34. The lowest BCUT2D eigenvalue weighted by atomic mass is 9.93. The number of aryl methyl sites for hydroxylation is 1. The van der Waals surface area contributed by atoms with E-state index in [0.29, 0.717) is 6.04 Å². The number of morpholine rings is 1. The van der Waals surface area contributed by atoms with Crippen molar-refractivity contribution >= 4 is 5.96 Å². The summed E-state index contributed by atoms with van der Waals surface area (Å²) in [6.07, 6.45) is 7.84. The van der Waals surface area contributed by atoms with Gasteiger partial charge in [0.1, 0.15) is 6.10 Å². The van der Waals surface area contributed by atoms with E-state index in [1.807, 2.05) is 31.2 Å². The summed E-state index contributed by atoms with van der Waals surface area (Å²) in [6, 6.07) is 0.605. The van der Waals surface area contributed by atoms with Crippen LogP contribution in [0, 0.1) is 0 Å². The molecule has 6 nitrogen and oxygen atoms in total. The molecule has 20 heavy (non-hydrogen) atoms. The van der Waals surface area contributed by atoms with Crippen molar-refractivity contribution in [3.63, 3.8) is 0 Å². The fourth-order valence-corrected chi connectivity index (χ4v) is 2.68. The number of hydrogen-bond donors (Lipinski definition) is 1. The SMILES string of the molecule is CN=C(NC1CCC1)N1CCOC(c2cnn(C)c2)C1. The summed E-state index contributed by atoms with van der Waals surface area (Å²) in [4.78, 5) is 6.71. The van der Waals surface area contributed by atoms with Crippen LogP contribution in [0.5, 0.6) is 0 Å². The van der Waals surface area contributed by atoms with Crippen molar-refractivity contribution in [3.05, 3.63) is 18.0 Å². The molecule has 0 amide bonds. The Morgan fingerprint density at radius 2 is 2.35 bits per heavy atom. The van der Waals surface area contributed by atoms with Gasteiger partial charge in [0, 0.05) is 38.4 Å². The van der Waals surface area contributed by atoms with Crippen LogP contribution in [0.3, 0.4) is 0 Å². The molecule has 1 N–H and O–H groups in total. The lowest BCUT2D eigenvalue weighted by Crippen LogP contribution is -2.52. The van der Waals surface area contributed by atoms with E-state index in [1.165, 1.54) is 19.3 Å². The summed E-state index contributed by atoms with van der Waals surface area (Å²) >= 11 is 0. The highest BCUT2D eigenvalue weighted by Crippen LogP contribution is 2.23. The number of aromatic nitrogens is 2. The van der Waals surface area contributed by atoms with Crippen LogP contribution in [-0.4, -0.2) is 53.4 Å². The number of guanidine groups is 1. The minimum absolute atomic E-state index is 0.0809. The van der Waals surface area contributed by atoms with Crippen molar-refractivity contribution in [3.8, 4) is 0 Å². The highest BCUT2D eigenvalue weighted by atomic mass is 16.5. The van der Waals surface area contributed by atoms with Crippen molar-refractivity contribution < 1.29 is 4.74 Å². The molecule has 1 saturated heterocycles. The van der Waals surface area contributed by atoms with E-state index in [1.54, 1.807) is 0 Å². The third-order valence-electron chi connectivity index (χ3n) is 4.11. The van der Waals surface area contributed by atoms with Gasteiger partial charge in [-0.15, -0.1) is 0 Å². The fourth-order valence-electron chi connectivity index (χ4n) is 2.68. The van der Waals surface area contributed by atoms with Gasteiger partial charge in [0.25, 0.3) is 0 Å². The van der Waals surface area contributed by atoms with E-state index in [-0.39, 0.29) is 6.10 Å². The lowest BCUT2D eigenvalue weighted by Gasteiger charge is -2.37. The van der Waals surface area contributed by atoms with Crippen molar-refractivity contribution in [1.82, 2.24) is 20.0 Å². The minimum atomic E-state index is 0.0809. The Morgan fingerprint density at radius 1 is 1.50 bits per heavy atom. The monoisotopic (exact) mass is 277 g/mol. The number of ether oxygens (including phenoxy) is 1. The summed E-state index contributed by atoms with van der Waals surface area (Å²) in [5.41, 5.74) is 1.14. The number of aliphatic imine (C=N–C) groups is 1. The Kier molecular flexibility index (Phi) is 3.91. The first kappa shape index (κ1) is 13.4. The smallest absolute Gasteiger partial charge is 0.194 e. The average molecular weight is 277 g/mol. The third-order valence-corrected chi connectivity index (χ3v) is 4.11. The van der Waals surface area contributed by atoms with Crippen LogP contribution in [0.25, 0.3) is 0 Å². The van der Waals surface area contributed by atoms with Crippen LogP contribution in [0.1, 0.15) is 30.9 Å². The molecule has 1 aromatic rings. The van der Waals surface area contributed by atoms with E-state index in [4.69, 9.17) is 4.74 Å². The topological polar surface area (TPSA) is 54.7 Å². The Hall–Kier alpha value is -1.56. The van der Waals surface area contributed by atoms with Gasteiger partial charge in [-0.1, -0.05) is 0 Å². The first-order valence-electron chi connectivity index (χ1n) is 7.34. The molecule has 1 atom stereocenters. The number of rotatable bonds is 2. The maximum absolute atomic E-state index is 5.87. The van der Waals surface area contributed by atoms with Crippen LogP contribution < -0.4 is 5.32 Å². The van der Waals surface area contributed by atoms with Gasteiger partial charge >= 0.3 is 0 Å². The molecule has 0 aromatic carbocycles. The molecule has 0 radical (unpaired) electrons. The van der Waals surface area contributed by atoms with Gasteiger partial charge in [0.2, 0.25) is 0 Å². The summed E-state index contributed by atoms with van der Waals surface area (Å²) in [7, 11) is 3.79. The number of nitrogens with zero attached hydrogens (tertiary/aromatic N) is 4. The molecule has 1 aliphatic carbocycles. The van der Waals surface area contributed by atoms with Crippen LogP contribution in [0.2, 0.25) is 0 Å². The molecule has 2 fully saturated rings. The zero-order valence-corrected chi connectivity index (χ0v) is 12.2. The standard InChI is InChI=1S/C14H23N5O/c1-15-14(17-12-4-3-5-12)19-6-7-20-13(10-19)11-8-16-18(2)9-11/h8-9,12-13H,3-7,10H2,1-2H3,(H,15,17). The molecule has 1 saturated carbocycles. The van der Waals surface area contributed by atoms with Crippen molar-refractivity contribution in [2.45, 2.75) is 31.4 Å². The molecule has 1 unspecified atom stereocenters. The quantitative estimate of drug-likeness (QED) is 0.645. The Balaban J connectivity index is 1.64. The molecule has 0 spiro atoms. The molecule has 2 aliphatic rings. The van der Waals surface area contributed by atoms with Gasteiger partial charge in [0.05, 0.1) is 19.3 Å². The predicted octanol–water partition coefficient (Wildman–Crippen LogP) is 0.921. The second kappa shape index (κ2) is 5.83. The molecular weight excluding hydrogens is 254 g/mol. The minimum Gasteiger partial charge on any atom is -0.370 e. The average Bonchev–Trinajstić information content (AvgIpc) is 2.85. The maximum atomic E-state index is 5.87. The van der Waals surface area contributed by atoms with Gasteiger partial charge in [-0.2, -0.15) is 5.10 Å². The summed E-state index contributed by atoms with van der Waals surface area (Å²) in [6.45, 7) is 2.45. The van der Waals surface area contributed by atoms with Gasteiger partial charge in [-0.05, 0) is 19.3 Å². The maximum Gasteiger partial charge on any atom is 0.194 e. The third kappa shape index (κ3) is 2.80. The summed E-state index contributed by atoms with van der Waals surface area (Å²) < 4.78 is 7.69. The van der Waals surface area contributed by atoms with Gasteiger partial charge in [0.15, 0.2) is 5.96 Å². The normalized spacial score (nSPS) is 24.6. The van der Waals surface area contributed by atoms with E-state index in [9.17, 15) is 0 Å². The Bertz CT molecular complexity index is 480. The van der Waals surface area contributed by atoms with Gasteiger partial charge < -0.3 is 15.0 Å². The zero-order valence-electron chi connectivity index (χ0n) is 12.2. The zero-order chi connectivity index (χ0) is 13.9. The van der Waals surface area contributed by atoms with Gasteiger partial charge in [-0.3, -0.25) is 9.67 Å². The molecule has 6 heteroatoms. The largest absolute Gasteiger partial charge is 0.370 e. The molecule has 110 valence electrons. The summed E-state index contributed by atoms with van der Waals surface area (Å²) in [5.74, 6) is 1.01. The first-order chi connectivity index (χ1) is 9.76. The van der Waals surface area contributed by atoms with E-state index >= 15 is 0 Å². The molecule has 2 heterocycles. The second-order valence-electron chi connectivity index (χ2n) is 5.57. The van der Waals surface area contributed by atoms with Crippen molar-refractivity contribution in [2.75, 3.05) is 26.7 Å². The van der Waals surface area contributed by atoms with E-state index in [2.05, 4.69) is 20.3 Å². The molecule has 1 aromatic heterocycles. The summed E-state index contributed by atoms with van der Waals surface area (Å²) in [5, 5.41) is 7.77. The number of nitrogens with one attached hydrogen (secondary N) is 1. The molecule has 3 rings (SSSR count). The van der Waals surface area contributed by atoms with E-state index in [0.717, 1.165) is 31.2 Å². The van der Waals surface area contributed by atoms with E-state index < -0.39 is 0 Å². The molecule has 1 aliphatic heterocycles. The number of hydrogen-bond acceptors (Lipinski definition) is 3. The van der Waals surface area contributed by atoms with Crippen LogP contribution in [-0.2, 0) is 11.8 Å². The molecular formula is C14H23N5O.